The SMILES string of the molecule is CCOc1ccc(Nc2nc(SC)ncc2OC(=O)O)c(N)c1. The van der Waals surface area contributed by atoms with E-state index in [0.29, 0.717) is 28.9 Å². The number of nitrogen functional groups attached to an aromatic ring is 1. The maximum Gasteiger partial charge on any atom is 0.511 e. The Morgan fingerprint density at radius 2 is 2.26 bits per heavy atom. The molecule has 1 heterocycles. The highest BCUT2D eigenvalue weighted by Crippen LogP contribution is 2.31. The van der Waals surface area contributed by atoms with Gasteiger partial charge in [-0.15, -0.1) is 0 Å². The Morgan fingerprint density at radius 1 is 1.48 bits per heavy atom. The molecule has 0 fully saturated rings. The van der Waals surface area contributed by atoms with E-state index in [1.807, 2.05) is 13.2 Å². The van der Waals surface area contributed by atoms with Gasteiger partial charge in [0, 0.05) is 6.07 Å². The van der Waals surface area contributed by atoms with Crippen LogP contribution in [0, 0.1) is 0 Å². The highest BCUT2D eigenvalue weighted by Gasteiger charge is 2.13. The van der Waals surface area contributed by atoms with Gasteiger partial charge in [0.1, 0.15) is 5.75 Å². The van der Waals surface area contributed by atoms with Crippen LogP contribution in [0.2, 0.25) is 0 Å². The zero-order valence-electron chi connectivity index (χ0n) is 12.6. The molecule has 23 heavy (non-hydrogen) atoms. The van der Waals surface area contributed by atoms with E-state index < -0.39 is 6.16 Å². The quantitative estimate of drug-likeness (QED) is 0.316. The van der Waals surface area contributed by atoms with Crippen LogP contribution in [0.1, 0.15) is 6.92 Å². The molecule has 1 aromatic heterocycles. The molecule has 1 aromatic carbocycles. The number of anilines is 3. The van der Waals surface area contributed by atoms with Gasteiger partial charge in [-0.1, -0.05) is 11.8 Å². The van der Waals surface area contributed by atoms with E-state index in [1.165, 1.54) is 18.0 Å². The number of carbonyl (C=O) groups is 1. The molecule has 122 valence electrons. The molecule has 0 saturated carbocycles. The van der Waals surface area contributed by atoms with Crippen molar-refractivity contribution in [2.75, 3.05) is 23.9 Å². The number of nitrogens with one attached hydrogen (secondary N) is 1. The molecule has 0 radical (unpaired) electrons. The summed E-state index contributed by atoms with van der Waals surface area (Å²) in [6.07, 6.45) is 1.65. The minimum Gasteiger partial charge on any atom is -0.494 e. The molecule has 0 saturated heterocycles. The minimum absolute atomic E-state index is 0.0106. The molecular weight excluding hydrogens is 320 g/mol. The summed E-state index contributed by atoms with van der Waals surface area (Å²) in [7, 11) is 0. The van der Waals surface area contributed by atoms with Gasteiger partial charge in [0.15, 0.2) is 16.7 Å². The average molecular weight is 336 g/mol. The number of thioether (sulfide) groups is 1. The fourth-order valence-electron chi connectivity index (χ4n) is 1.75. The summed E-state index contributed by atoms with van der Waals surface area (Å²) in [6, 6.07) is 5.13. The lowest BCUT2D eigenvalue weighted by molar-refractivity contribution is 0.144. The molecule has 2 rings (SSSR count). The van der Waals surface area contributed by atoms with Crippen molar-refractivity contribution in [3.63, 3.8) is 0 Å². The molecule has 4 N–H and O–H groups in total. The number of nitrogens with two attached hydrogens (primary N) is 1. The topological polar surface area (TPSA) is 120 Å². The van der Waals surface area contributed by atoms with Crippen molar-refractivity contribution >= 4 is 35.1 Å². The second-order valence-electron chi connectivity index (χ2n) is 4.24. The van der Waals surface area contributed by atoms with Crippen molar-refractivity contribution in [1.82, 2.24) is 9.97 Å². The fraction of sp³-hybridized carbons (Fsp3) is 0.214. The standard InChI is InChI=1S/C14H16N4O4S/c1-3-21-8-4-5-10(9(15)6-8)17-12-11(22-14(19)20)7-16-13(18-12)23-2/h4-7H,3,15H2,1-2H3,(H,19,20)(H,16,17,18). The summed E-state index contributed by atoms with van der Waals surface area (Å²) in [5, 5.41) is 12.2. The monoisotopic (exact) mass is 336 g/mol. The van der Waals surface area contributed by atoms with E-state index in [-0.39, 0.29) is 11.6 Å². The Morgan fingerprint density at radius 3 is 2.87 bits per heavy atom. The van der Waals surface area contributed by atoms with Crippen LogP contribution in [0.15, 0.2) is 29.6 Å². The van der Waals surface area contributed by atoms with Crippen LogP contribution in [0.5, 0.6) is 11.5 Å². The smallest absolute Gasteiger partial charge is 0.494 e. The summed E-state index contributed by atoms with van der Waals surface area (Å²) in [5.41, 5.74) is 6.96. The van der Waals surface area contributed by atoms with Crippen molar-refractivity contribution < 1.29 is 19.4 Å². The number of rotatable bonds is 6. The summed E-state index contributed by atoms with van der Waals surface area (Å²) in [4.78, 5) is 19.0. The number of benzene rings is 1. The van der Waals surface area contributed by atoms with Gasteiger partial charge in [0.05, 0.1) is 24.2 Å². The maximum atomic E-state index is 10.8. The molecule has 0 bridgehead atoms. The zero-order valence-corrected chi connectivity index (χ0v) is 13.4. The van der Waals surface area contributed by atoms with Crippen molar-refractivity contribution in [3.8, 4) is 11.5 Å². The van der Waals surface area contributed by atoms with Crippen LogP contribution in [-0.2, 0) is 0 Å². The number of carboxylic acid groups (broad SMARTS) is 1. The molecule has 0 aliphatic rings. The first-order chi connectivity index (χ1) is 11.0. The molecule has 2 aromatic rings. The average Bonchev–Trinajstić information content (AvgIpc) is 2.51. The van der Waals surface area contributed by atoms with Crippen molar-refractivity contribution in [2.24, 2.45) is 0 Å². The molecule has 0 aliphatic heterocycles. The minimum atomic E-state index is -1.45. The Balaban J connectivity index is 2.32. The van der Waals surface area contributed by atoms with Crippen molar-refractivity contribution in [2.45, 2.75) is 12.1 Å². The molecule has 8 nitrogen and oxygen atoms in total. The van der Waals surface area contributed by atoms with E-state index in [9.17, 15) is 4.79 Å². The first-order valence-electron chi connectivity index (χ1n) is 6.64. The predicted molar refractivity (Wildman–Crippen MR) is 87.8 cm³/mol. The first-order valence-corrected chi connectivity index (χ1v) is 7.87. The number of hydrogen-bond donors (Lipinski definition) is 3. The fourth-order valence-corrected chi connectivity index (χ4v) is 2.09. The second-order valence-corrected chi connectivity index (χ2v) is 5.02. The maximum absolute atomic E-state index is 10.8. The number of aromatic nitrogens is 2. The Hall–Kier alpha value is -2.68. The Bertz CT molecular complexity index is 711. The van der Waals surface area contributed by atoms with Gasteiger partial charge in [-0.2, -0.15) is 0 Å². The van der Waals surface area contributed by atoms with Crippen LogP contribution in [-0.4, -0.2) is 34.1 Å². The largest absolute Gasteiger partial charge is 0.511 e. The molecule has 0 aliphatic carbocycles. The van der Waals surface area contributed by atoms with Gasteiger partial charge in [-0.05, 0) is 25.3 Å². The van der Waals surface area contributed by atoms with E-state index >= 15 is 0 Å². The summed E-state index contributed by atoms with van der Waals surface area (Å²) >= 11 is 1.32. The molecule has 9 heteroatoms. The molecular formula is C14H16N4O4S. The number of nitrogens with zero attached hydrogens (tertiary/aromatic N) is 2. The van der Waals surface area contributed by atoms with Gasteiger partial charge in [0.2, 0.25) is 0 Å². The van der Waals surface area contributed by atoms with E-state index in [2.05, 4.69) is 20.0 Å². The second kappa shape index (κ2) is 7.54. The third kappa shape index (κ3) is 4.39. The van der Waals surface area contributed by atoms with Crippen molar-refractivity contribution in [3.05, 3.63) is 24.4 Å². The normalized spacial score (nSPS) is 10.2. The number of ether oxygens (including phenoxy) is 2. The van der Waals surface area contributed by atoms with Gasteiger partial charge < -0.3 is 25.6 Å². The highest BCUT2D eigenvalue weighted by atomic mass is 32.2. The lowest BCUT2D eigenvalue weighted by Gasteiger charge is -2.13. The highest BCUT2D eigenvalue weighted by molar-refractivity contribution is 7.98. The van der Waals surface area contributed by atoms with Crippen LogP contribution in [0.3, 0.4) is 0 Å². The zero-order chi connectivity index (χ0) is 16.8. The number of hydrogen-bond acceptors (Lipinski definition) is 8. The van der Waals surface area contributed by atoms with Crippen LogP contribution in [0.4, 0.5) is 22.0 Å². The molecule has 0 amide bonds. The van der Waals surface area contributed by atoms with Gasteiger partial charge in [0.25, 0.3) is 0 Å². The molecule has 0 unspecified atom stereocenters. The van der Waals surface area contributed by atoms with E-state index in [4.69, 9.17) is 15.6 Å². The van der Waals surface area contributed by atoms with E-state index in [1.54, 1.807) is 18.2 Å². The molecule has 0 atom stereocenters. The van der Waals surface area contributed by atoms with Gasteiger partial charge in [-0.25, -0.2) is 14.8 Å². The summed E-state index contributed by atoms with van der Waals surface area (Å²) in [6.45, 7) is 2.41. The summed E-state index contributed by atoms with van der Waals surface area (Å²) in [5.74, 6) is 0.844. The predicted octanol–water partition coefficient (Wildman–Crippen LogP) is 2.98. The van der Waals surface area contributed by atoms with Gasteiger partial charge >= 0.3 is 6.16 Å². The lowest BCUT2D eigenvalue weighted by atomic mass is 10.2. The summed E-state index contributed by atoms with van der Waals surface area (Å²) < 4.78 is 10.0. The van der Waals surface area contributed by atoms with Crippen LogP contribution < -0.4 is 20.5 Å². The Labute approximate surface area is 137 Å². The third-order valence-electron chi connectivity index (χ3n) is 2.70. The molecule has 0 spiro atoms. The van der Waals surface area contributed by atoms with Gasteiger partial charge in [-0.3, -0.25) is 0 Å². The van der Waals surface area contributed by atoms with Crippen LogP contribution in [0.25, 0.3) is 0 Å². The van der Waals surface area contributed by atoms with Crippen LogP contribution >= 0.6 is 11.8 Å². The first kappa shape index (κ1) is 16.7. The van der Waals surface area contributed by atoms with Crippen molar-refractivity contribution in [1.29, 1.82) is 0 Å². The Kier molecular flexibility index (Phi) is 5.47. The lowest BCUT2D eigenvalue weighted by Crippen LogP contribution is -2.08. The van der Waals surface area contributed by atoms with E-state index in [0.717, 1.165) is 0 Å². The third-order valence-corrected chi connectivity index (χ3v) is 3.26.